The van der Waals surface area contributed by atoms with Gasteiger partial charge in [0, 0.05) is 19.7 Å². The van der Waals surface area contributed by atoms with Gasteiger partial charge in [0.1, 0.15) is 0 Å². The smallest absolute Gasteiger partial charge is 0.244 e. The van der Waals surface area contributed by atoms with Gasteiger partial charge in [0.2, 0.25) is 5.91 Å². The van der Waals surface area contributed by atoms with Gasteiger partial charge < -0.3 is 10.1 Å². The van der Waals surface area contributed by atoms with E-state index in [0.717, 1.165) is 5.56 Å². The molecule has 0 fully saturated rings. The zero-order chi connectivity index (χ0) is 11.8. The number of hydrogen-bond donors (Lipinski definition) is 1. The molecule has 1 rings (SSSR count). The molecule has 1 aromatic rings. The van der Waals surface area contributed by atoms with Crippen molar-refractivity contribution in [3.05, 3.63) is 41.5 Å². The molecular weight excluding hydrogens is 202 g/mol. The Hall–Kier alpha value is -1.61. The maximum absolute atomic E-state index is 11.3. The van der Waals surface area contributed by atoms with Crippen molar-refractivity contribution in [3.63, 3.8) is 0 Å². The molecule has 0 aliphatic heterocycles. The highest BCUT2D eigenvalue weighted by Gasteiger charge is 1.93. The van der Waals surface area contributed by atoms with Crippen LogP contribution in [0.4, 0.5) is 0 Å². The summed E-state index contributed by atoms with van der Waals surface area (Å²) in [7, 11) is 1.61. The van der Waals surface area contributed by atoms with Crippen LogP contribution in [0.3, 0.4) is 0 Å². The third-order valence-electron chi connectivity index (χ3n) is 2.11. The molecule has 86 valence electrons. The molecule has 16 heavy (non-hydrogen) atoms. The fraction of sp³-hybridized carbons (Fsp3) is 0.308. The Morgan fingerprint density at radius 2 is 2.06 bits per heavy atom. The first kappa shape index (κ1) is 12.5. The van der Waals surface area contributed by atoms with E-state index in [2.05, 4.69) is 5.32 Å². The van der Waals surface area contributed by atoms with E-state index < -0.39 is 0 Å². The summed E-state index contributed by atoms with van der Waals surface area (Å²) in [5.74, 6) is -0.0994. The second-order valence-corrected chi connectivity index (χ2v) is 3.53. The Balaban J connectivity index is 2.41. The summed E-state index contributed by atoms with van der Waals surface area (Å²) in [5.41, 5.74) is 2.23. The summed E-state index contributed by atoms with van der Waals surface area (Å²) in [6.07, 6.45) is 3.32. The lowest BCUT2D eigenvalue weighted by Gasteiger charge is -2.00. The summed E-state index contributed by atoms with van der Waals surface area (Å²) in [6.45, 7) is 3.10. The van der Waals surface area contributed by atoms with Crippen LogP contribution in [0.2, 0.25) is 0 Å². The second-order valence-electron chi connectivity index (χ2n) is 3.53. The highest BCUT2D eigenvalue weighted by Crippen LogP contribution is 2.04. The van der Waals surface area contributed by atoms with Gasteiger partial charge in [0.05, 0.1) is 6.61 Å². The molecule has 3 nitrogen and oxygen atoms in total. The van der Waals surface area contributed by atoms with Crippen LogP contribution in [-0.2, 0) is 9.53 Å². The highest BCUT2D eigenvalue weighted by atomic mass is 16.5. The van der Waals surface area contributed by atoms with Gasteiger partial charge in [-0.1, -0.05) is 29.8 Å². The number of ether oxygens (including phenoxy) is 1. The Morgan fingerprint density at radius 3 is 2.69 bits per heavy atom. The second kappa shape index (κ2) is 6.80. The van der Waals surface area contributed by atoms with E-state index in [-0.39, 0.29) is 5.91 Å². The molecule has 1 N–H and O–H groups in total. The lowest BCUT2D eigenvalue weighted by molar-refractivity contribution is -0.116. The van der Waals surface area contributed by atoms with Crippen LogP contribution in [0.1, 0.15) is 11.1 Å². The first-order valence-electron chi connectivity index (χ1n) is 5.24. The number of benzene rings is 1. The minimum absolute atomic E-state index is 0.0994. The Kier molecular flexibility index (Phi) is 5.29. The Bertz CT molecular complexity index is 355. The van der Waals surface area contributed by atoms with E-state index in [1.54, 1.807) is 13.2 Å². The summed E-state index contributed by atoms with van der Waals surface area (Å²) >= 11 is 0. The molecule has 0 atom stereocenters. The van der Waals surface area contributed by atoms with Gasteiger partial charge in [-0.2, -0.15) is 0 Å². The normalized spacial score (nSPS) is 10.6. The molecule has 0 heterocycles. The standard InChI is InChI=1S/C13H17NO2/c1-11-3-5-12(6-4-11)7-8-13(15)14-9-10-16-2/h3-8H,9-10H2,1-2H3,(H,14,15)/b8-7+. The number of amides is 1. The van der Waals surface area contributed by atoms with E-state index in [4.69, 9.17) is 4.74 Å². The van der Waals surface area contributed by atoms with Crippen molar-refractivity contribution in [2.75, 3.05) is 20.3 Å². The number of hydrogen-bond acceptors (Lipinski definition) is 2. The number of aryl methyl sites for hydroxylation is 1. The first-order chi connectivity index (χ1) is 7.72. The fourth-order valence-electron chi connectivity index (χ4n) is 1.18. The van der Waals surface area contributed by atoms with E-state index >= 15 is 0 Å². The van der Waals surface area contributed by atoms with Crippen LogP contribution in [0.25, 0.3) is 6.08 Å². The molecule has 0 aliphatic carbocycles. The molecule has 0 bridgehead atoms. The van der Waals surface area contributed by atoms with E-state index in [1.807, 2.05) is 31.2 Å². The third-order valence-corrected chi connectivity index (χ3v) is 2.11. The van der Waals surface area contributed by atoms with Crippen LogP contribution in [0.5, 0.6) is 0 Å². The number of rotatable bonds is 5. The van der Waals surface area contributed by atoms with Gasteiger partial charge in [0.25, 0.3) is 0 Å². The predicted molar refractivity (Wildman–Crippen MR) is 65.1 cm³/mol. The van der Waals surface area contributed by atoms with E-state index in [9.17, 15) is 4.79 Å². The van der Waals surface area contributed by atoms with Crippen LogP contribution >= 0.6 is 0 Å². The minimum atomic E-state index is -0.0994. The summed E-state index contributed by atoms with van der Waals surface area (Å²) in [5, 5.41) is 2.71. The molecule has 0 unspecified atom stereocenters. The lowest BCUT2D eigenvalue weighted by atomic mass is 10.1. The maximum Gasteiger partial charge on any atom is 0.244 e. The van der Waals surface area contributed by atoms with Crippen LogP contribution in [0, 0.1) is 6.92 Å². The number of carbonyl (C=O) groups excluding carboxylic acids is 1. The summed E-state index contributed by atoms with van der Waals surface area (Å²) in [4.78, 5) is 11.3. The molecule has 1 amide bonds. The van der Waals surface area contributed by atoms with Crippen molar-refractivity contribution >= 4 is 12.0 Å². The number of carbonyl (C=O) groups is 1. The van der Waals surface area contributed by atoms with Crippen molar-refractivity contribution < 1.29 is 9.53 Å². The summed E-state index contributed by atoms with van der Waals surface area (Å²) < 4.78 is 4.83. The van der Waals surface area contributed by atoms with Gasteiger partial charge in [-0.25, -0.2) is 0 Å². The highest BCUT2D eigenvalue weighted by molar-refractivity contribution is 5.91. The molecule has 0 aromatic heterocycles. The van der Waals surface area contributed by atoms with Gasteiger partial charge in [-0.15, -0.1) is 0 Å². The molecule has 1 aromatic carbocycles. The fourth-order valence-corrected chi connectivity index (χ4v) is 1.18. The van der Waals surface area contributed by atoms with E-state index in [0.29, 0.717) is 13.2 Å². The molecule has 0 spiro atoms. The summed E-state index contributed by atoms with van der Waals surface area (Å²) in [6, 6.07) is 7.99. The predicted octanol–water partition coefficient (Wildman–Crippen LogP) is 1.77. The largest absolute Gasteiger partial charge is 0.383 e. The molecule has 0 aliphatic rings. The van der Waals surface area contributed by atoms with Crippen molar-refractivity contribution in [1.29, 1.82) is 0 Å². The average Bonchev–Trinajstić information content (AvgIpc) is 2.29. The average molecular weight is 219 g/mol. The SMILES string of the molecule is COCCNC(=O)/C=C/c1ccc(C)cc1. The zero-order valence-corrected chi connectivity index (χ0v) is 9.69. The number of nitrogens with one attached hydrogen (secondary N) is 1. The van der Waals surface area contributed by atoms with Crippen molar-refractivity contribution in [2.45, 2.75) is 6.92 Å². The monoisotopic (exact) mass is 219 g/mol. The molecule has 3 heteroatoms. The van der Waals surface area contributed by atoms with Crippen LogP contribution in [-0.4, -0.2) is 26.2 Å². The quantitative estimate of drug-likeness (QED) is 0.605. The zero-order valence-electron chi connectivity index (χ0n) is 9.69. The van der Waals surface area contributed by atoms with Gasteiger partial charge in [-0.3, -0.25) is 4.79 Å². The van der Waals surface area contributed by atoms with Crippen LogP contribution < -0.4 is 5.32 Å². The molecule has 0 saturated heterocycles. The molecule has 0 radical (unpaired) electrons. The van der Waals surface area contributed by atoms with Gasteiger partial charge in [0.15, 0.2) is 0 Å². The lowest BCUT2D eigenvalue weighted by Crippen LogP contribution is -2.24. The molecular formula is C13H17NO2. The molecule has 0 saturated carbocycles. The Morgan fingerprint density at radius 1 is 1.38 bits per heavy atom. The Labute approximate surface area is 96.1 Å². The van der Waals surface area contributed by atoms with Crippen LogP contribution in [0.15, 0.2) is 30.3 Å². The van der Waals surface area contributed by atoms with Crippen molar-refractivity contribution in [2.24, 2.45) is 0 Å². The number of methoxy groups -OCH3 is 1. The van der Waals surface area contributed by atoms with Gasteiger partial charge >= 0.3 is 0 Å². The van der Waals surface area contributed by atoms with Gasteiger partial charge in [-0.05, 0) is 18.6 Å². The first-order valence-corrected chi connectivity index (χ1v) is 5.24. The van der Waals surface area contributed by atoms with Crippen molar-refractivity contribution in [3.8, 4) is 0 Å². The topological polar surface area (TPSA) is 38.3 Å². The third kappa shape index (κ3) is 4.75. The maximum atomic E-state index is 11.3. The minimum Gasteiger partial charge on any atom is -0.383 e. The van der Waals surface area contributed by atoms with E-state index in [1.165, 1.54) is 11.6 Å². The van der Waals surface area contributed by atoms with Crippen molar-refractivity contribution in [1.82, 2.24) is 5.32 Å².